The van der Waals surface area contributed by atoms with Crippen LogP contribution in [0.15, 0.2) is 170 Å². The third kappa shape index (κ3) is 12.6. The van der Waals surface area contributed by atoms with E-state index in [-0.39, 0.29) is 0 Å². The maximum absolute atomic E-state index is 2.30. The molecule has 0 spiro atoms. The molecule has 0 aliphatic heterocycles. The normalized spacial score (nSPS) is 9.81. The number of hydrogen-bond acceptors (Lipinski definition) is 0. The minimum Gasteiger partial charge on any atom is -0.0683 e. The first-order valence-corrected chi connectivity index (χ1v) is 19.8. The average Bonchev–Trinajstić information content (AvgIpc) is 3.21. The first-order valence-electron chi connectivity index (χ1n) is 19.8. The van der Waals surface area contributed by atoms with Crippen LogP contribution in [0.5, 0.6) is 0 Å². The van der Waals surface area contributed by atoms with Crippen molar-refractivity contribution in [3.63, 3.8) is 0 Å². The minimum absolute atomic E-state index is 1.05. The molecule has 0 saturated carbocycles. The number of aryl methyl sites for hydroxylation is 4. The standard InChI is InChI=1S/C23H24.2C13H12.C3H8.C2H6/c1-5-19-18(4)22(20-12-8-6-10-16(20)2)14-15-23(19)21-13-9-7-11-17(21)3;2*1-11-7-9-13(10-8-11)12-5-3-2-4-6-12;1-3-2;1-2/h6-15H,5H2,1-4H3;2*2-10H,1H3;3H2,1-2H3;1-2H3. The van der Waals surface area contributed by atoms with Crippen molar-refractivity contribution in [2.45, 2.75) is 82.1 Å². The van der Waals surface area contributed by atoms with E-state index in [1.807, 2.05) is 26.0 Å². The molecule has 0 aliphatic carbocycles. The highest BCUT2D eigenvalue weighted by molar-refractivity contribution is 5.79. The Morgan fingerprint density at radius 1 is 0.315 bits per heavy atom. The molecule has 0 heteroatoms. The van der Waals surface area contributed by atoms with Crippen LogP contribution in [-0.2, 0) is 6.42 Å². The van der Waals surface area contributed by atoms with Gasteiger partial charge < -0.3 is 0 Å². The van der Waals surface area contributed by atoms with Crippen LogP contribution in [0, 0.1) is 34.6 Å². The summed E-state index contributed by atoms with van der Waals surface area (Å²) >= 11 is 0. The second-order valence-corrected chi connectivity index (χ2v) is 13.4. The van der Waals surface area contributed by atoms with Crippen molar-refractivity contribution in [3.05, 3.63) is 203 Å². The molecular weight excluding hydrogens is 649 g/mol. The molecule has 0 bridgehead atoms. The molecule has 0 nitrogen and oxygen atoms in total. The summed E-state index contributed by atoms with van der Waals surface area (Å²) in [6, 6.07) is 60.0. The van der Waals surface area contributed by atoms with Crippen LogP contribution in [0.3, 0.4) is 0 Å². The summed E-state index contributed by atoms with van der Waals surface area (Å²) in [4.78, 5) is 0. The molecule has 7 aromatic carbocycles. The number of benzene rings is 7. The first-order chi connectivity index (χ1) is 26.3. The Morgan fingerprint density at radius 3 is 1.00 bits per heavy atom. The van der Waals surface area contributed by atoms with Crippen molar-refractivity contribution < 1.29 is 0 Å². The van der Waals surface area contributed by atoms with Gasteiger partial charge in [-0.2, -0.15) is 0 Å². The second-order valence-electron chi connectivity index (χ2n) is 13.4. The zero-order valence-corrected chi connectivity index (χ0v) is 34.6. The van der Waals surface area contributed by atoms with Crippen molar-refractivity contribution in [2.24, 2.45) is 0 Å². The molecule has 54 heavy (non-hydrogen) atoms. The fraction of sp³-hybridized carbons (Fsp3) is 0.222. The van der Waals surface area contributed by atoms with Gasteiger partial charge in [0.2, 0.25) is 0 Å². The van der Waals surface area contributed by atoms with Gasteiger partial charge in [-0.15, -0.1) is 0 Å². The van der Waals surface area contributed by atoms with E-state index in [0.29, 0.717) is 0 Å². The van der Waals surface area contributed by atoms with Crippen molar-refractivity contribution in [1.82, 2.24) is 0 Å². The summed E-state index contributed by atoms with van der Waals surface area (Å²) in [5, 5.41) is 0. The molecule has 0 unspecified atom stereocenters. The second kappa shape index (κ2) is 23.3. The monoisotopic (exact) mass is 710 g/mol. The van der Waals surface area contributed by atoms with E-state index in [1.54, 1.807) is 0 Å². The molecule has 0 saturated heterocycles. The van der Waals surface area contributed by atoms with Crippen LogP contribution in [0.4, 0.5) is 0 Å². The molecule has 0 radical (unpaired) electrons. The molecule has 7 rings (SSSR count). The SMILES string of the molecule is CC.CCC.CCc1c(-c2ccccc2C)ccc(-c2ccccc2C)c1C.Cc1ccc(-c2ccccc2)cc1.Cc1ccc(-c2ccccc2)cc1. The lowest BCUT2D eigenvalue weighted by molar-refractivity contribution is 1.09. The van der Waals surface area contributed by atoms with Crippen molar-refractivity contribution in [3.8, 4) is 44.5 Å². The van der Waals surface area contributed by atoms with Crippen LogP contribution in [0.1, 0.15) is 74.4 Å². The molecule has 0 aliphatic rings. The van der Waals surface area contributed by atoms with Gasteiger partial charge in [0.25, 0.3) is 0 Å². The van der Waals surface area contributed by atoms with E-state index in [0.717, 1.165) is 6.42 Å². The summed E-state index contributed by atoms with van der Waals surface area (Å²) < 4.78 is 0. The Balaban J connectivity index is 0.000000217. The van der Waals surface area contributed by atoms with E-state index in [2.05, 4.69) is 213 Å². The molecule has 0 aromatic heterocycles. The van der Waals surface area contributed by atoms with Crippen molar-refractivity contribution >= 4 is 0 Å². The fourth-order valence-electron chi connectivity index (χ4n) is 6.26. The predicted octanol–water partition coefficient (Wildman–Crippen LogP) is 16.3. The summed E-state index contributed by atoms with van der Waals surface area (Å²) in [5.74, 6) is 0. The van der Waals surface area contributed by atoms with E-state index >= 15 is 0 Å². The number of hydrogen-bond donors (Lipinski definition) is 0. The van der Waals surface area contributed by atoms with Gasteiger partial charge in [-0.25, -0.2) is 0 Å². The lowest BCUT2D eigenvalue weighted by Gasteiger charge is -2.18. The van der Waals surface area contributed by atoms with Crippen LogP contribution >= 0.6 is 0 Å². The lowest BCUT2D eigenvalue weighted by Crippen LogP contribution is -1.97. The summed E-state index contributed by atoms with van der Waals surface area (Å²) in [6.45, 7) is 21.4. The maximum Gasteiger partial charge on any atom is -0.0146 e. The zero-order chi connectivity index (χ0) is 39.3. The van der Waals surface area contributed by atoms with Crippen LogP contribution in [-0.4, -0.2) is 0 Å². The van der Waals surface area contributed by atoms with Gasteiger partial charge in [0.1, 0.15) is 0 Å². The molecule has 0 N–H and O–H groups in total. The third-order valence-corrected chi connectivity index (χ3v) is 9.14. The summed E-state index contributed by atoms with van der Waals surface area (Å²) in [7, 11) is 0. The van der Waals surface area contributed by atoms with Crippen LogP contribution in [0.2, 0.25) is 0 Å². The van der Waals surface area contributed by atoms with Gasteiger partial charge in [-0.3, -0.25) is 0 Å². The highest BCUT2D eigenvalue weighted by atomic mass is 14.2. The summed E-state index contributed by atoms with van der Waals surface area (Å²) in [6.07, 6.45) is 2.30. The van der Waals surface area contributed by atoms with Crippen molar-refractivity contribution in [1.29, 1.82) is 0 Å². The fourth-order valence-corrected chi connectivity index (χ4v) is 6.26. The van der Waals surface area contributed by atoms with Crippen LogP contribution < -0.4 is 0 Å². The molecular formula is C54H62. The van der Waals surface area contributed by atoms with Gasteiger partial charge in [-0.1, -0.05) is 222 Å². The van der Waals surface area contributed by atoms with Gasteiger partial charge in [0, 0.05) is 0 Å². The first kappa shape index (κ1) is 42.9. The Labute approximate surface area is 328 Å². The molecule has 0 fully saturated rings. The summed E-state index contributed by atoms with van der Waals surface area (Å²) in [5.41, 5.74) is 18.7. The quantitative estimate of drug-likeness (QED) is 0.167. The molecule has 0 heterocycles. The van der Waals surface area contributed by atoms with E-state index in [4.69, 9.17) is 0 Å². The molecule has 278 valence electrons. The highest BCUT2D eigenvalue weighted by Crippen LogP contribution is 2.35. The van der Waals surface area contributed by atoms with Crippen LogP contribution in [0.25, 0.3) is 44.5 Å². The minimum atomic E-state index is 1.05. The smallest absolute Gasteiger partial charge is 0.0146 e. The average molecular weight is 711 g/mol. The van der Waals surface area contributed by atoms with Gasteiger partial charge >= 0.3 is 0 Å². The predicted molar refractivity (Wildman–Crippen MR) is 241 cm³/mol. The lowest BCUT2D eigenvalue weighted by atomic mass is 9.86. The van der Waals surface area contributed by atoms with Crippen molar-refractivity contribution in [2.75, 3.05) is 0 Å². The molecule has 7 aromatic rings. The largest absolute Gasteiger partial charge is 0.0683 e. The Hall–Kier alpha value is -5.46. The molecule has 0 atom stereocenters. The van der Waals surface area contributed by atoms with E-state index < -0.39 is 0 Å². The van der Waals surface area contributed by atoms with E-state index in [1.165, 1.54) is 84.3 Å². The molecule has 0 amide bonds. The highest BCUT2D eigenvalue weighted by Gasteiger charge is 2.13. The topological polar surface area (TPSA) is 0 Å². The third-order valence-electron chi connectivity index (χ3n) is 9.14. The van der Waals surface area contributed by atoms with Gasteiger partial charge in [-0.05, 0) is 108 Å². The van der Waals surface area contributed by atoms with E-state index in [9.17, 15) is 0 Å². The Morgan fingerprint density at radius 2 is 0.630 bits per heavy atom. The Bertz CT molecular complexity index is 1990. The van der Waals surface area contributed by atoms with Gasteiger partial charge in [0.05, 0.1) is 0 Å². The zero-order valence-electron chi connectivity index (χ0n) is 34.6. The Kier molecular flexibility index (Phi) is 18.5. The number of rotatable bonds is 5. The maximum atomic E-state index is 2.30. The van der Waals surface area contributed by atoms with Gasteiger partial charge in [0.15, 0.2) is 0 Å².